The Morgan fingerprint density at radius 2 is 2.15 bits per heavy atom. The molecule has 2 aromatic heterocycles. The average Bonchev–Trinajstić information content (AvgIpc) is 3.28. The number of carboxylic acid groups (broad SMARTS) is 1. The molecule has 8 nitrogen and oxygen atoms in total. The quantitative estimate of drug-likeness (QED) is 0.848. The molecule has 0 bridgehead atoms. The normalized spacial score (nSPS) is 25.1. The summed E-state index contributed by atoms with van der Waals surface area (Å²) < 4.78 is 1.84. The van der Waals surface area contributed by atoms with Crippen LogP contribution < -0.4 is 0 Å². The lowest BCUT2D eigenvalue weighted by molar-refractivity contribution is -0.150. The lowest BCUT2D eigenvalue weighted by Gasteiger charge is -2.24. The number of imidazole rings is 1. The van der Waals surface area contributed by atoms with Gasteiger partial charge in [0.15, 0.2) is 0 Å². The van der Waals surface area contributed by atoms with E-state index in [0.717, 1.165) is 11.3 Å². The minimum absolute atomic E-state index is 0.0742. The van der Waals surface area contributed by atoms with E-state index in [1.807, 2.05) is 35.7 Å². The first-order valence-electron chi connectivity index (χ1n) is 8.67. The zero-order chi connectivity index (χ0) is 18.5. The van der Waals surface area contributed by atoms with Crippen molar-refractivity contribution in [2.75, 3.05) is 26.2 Å². The molecule has 0 saturated carbocycles. The second-order valence-corrected chi connectivity index (χ2v) is 7.00. The molecule has 4 heterocycles. The highest BCUT2D eigenvalue weighted by atomic mass is 16.4. The molecule has 0 radical (unpaired) electrons. The number of amides is 2. The van der Waals surface area contributed by atoms with E-state index in [1.165, 1.54) is 4.90 Å². The number of aliphatic carboxylic acids is 1. The Balaban J connectivity index is 1.56. The van der Waals surface area contributed by atoms with Crippen LogP contribution in [0.2, 0.25) is 0 Å². The summed E-state index contributed by atoms with van der Waals surface area (Å²) in [5, 5.41) is 9.77. The number of hydrogen-bond acceptors (Lipinski definition) is 4. The van der Waals surface area contributed by atoms with Gasteiger partial charge in [0.25, 0.3) is 0 Å². The molecule has 26 heavy (non-hydrogen) atoms. The number of carbonyl (C=O) groups is 3. The van der Waals surface area contributed by atoms with E-state index in [4.69, 9.17) is 0 Å². The molecule has 0 aliphatic carbocycles. The van der Waals surface area contributed by atoms with Gasteiger partial charge in [0, 0.05) is 38.6 Å². The van der Waals surface area contributed by atoms with Crippen LogP contribution >= 0.6 is 0 Å². The van der Waals surface area contributed by atoms with Gasteiger partial charge < -0.3 is 19.3 Å². The van der Waals surface area contributed by atoms with Gasteiger partial charge in [-0.15, -0.1) is 0 Å². The van der Waals surface area contributed by atoms with Crippen LogP contribution in [0.25, 0.3) is 5.65 Å². The van der Waals surface area contributed by atoms with Crippen molar-refractivity contribution in [3.8, 4) is 0 Å². The maximum absolute atomic E-state index is 12.8. The Bertz CT molecular complexity index is 907. The summed E-state index contributed by atoms with van der Waals surface area (Å²) in [6.45, 7) is 2.73. The van der Waals surface area contributed by atoms with Crippen LogP contribution in [-0.2, 0) is 20.8 Å². The number of likely N-dealkylation sites (tertiary alicyclic amines) is 2. The Morgan fingerprint density at radius 1 is 1.35 bits per heavy atom. The van der Waals surface area contributed by atoms with Gasteiger partial charge in [-0.3, -0.25) is 14.4 Å². The van der Waals surface area contributed by atoms with Crippen LogP contribution in [0.1, 0.15) is 12.6 Å². The van der Waals surface area contributed by atoms with Gasteiger partial charge in [-0.2, -0.15) is 0 Å². The standard InChI is InChI=1S/C18H20N4O4/c1-2-20-10-18(17(25)26)11-21(9-13(18)16(20)24)15(23)7-12-8-19-14-5-3-4-6-22(12)14/h3-6,8,13H,2,7,9-11H2,1H3,(H,25,26)/t13-,18+/m0/s1. The lowest BCUT2D eigenvalue weighted by atomic mass is 9.81. The molecular formula is C18H20N4O4. The summed E-state index contributed by atoms with van der Waals surface area (Å²) in [5.74, 6) is -2.01. The van der Waals surface area contributed by atoms with Gasteiger partial charge in [-0.25, -0.2) is 4.98 Å². The Hall–Kier alpha value is -2.90. The molecule has 2 aliphatic heterocycles. The molecule has 8 heteroatoms. The van der Waals surface area contributed by atoms with Crippen LogP contribution in [0.5, 0.6) is 0 Å². The molecule has 2 saturated heterocycles. The van der Waals surface area contributed by atoms with E-state index in [-0.39, 0.29) is 37.9 Å². The molecule has 0 unspecified atom stereocenters. The van der Waals surface area contributed by atoms with E-state index in [2.05, 4.69) is 4.98 Å². The molecule has 0 spiro atoms. The van der Waals surface area contributed by atoms with Crippen LogP contribution in [0, 0.1) is 11.3 Å². The molecular weight excluding hydrogens is 336 g/mol. The van der Waals surface area contributed by atoms with E-state index < -0.39 is 17.3 Å². The van der Waals surface area contributed by atoms with Gasteiger partial charge in [0.1, 0.15) is 11.1 Å². The fourth-order valence-corrected chi connectivity index (χ4v) is 4.15. The average molecular weight is 356 g/mol. The lowest BCUT2D eigenvalue weighted by Crippen LogP contribution is -2.42. The van der Waals surface area contributed by atoms with Crippen molar-refractivity contribution in [3.05, 3.63) is 36.3 Å². The molecule has 4 rings (SSSR count). The molecule has 1 N–H and O–H groups in total. The second-order valence-electron chi connectivity index (χ2n) is 7.00. The maximum Gasteiger partial charge on any atom is 0.314 e. The van der Waals surface area contributed by atoms with E-state index in [1.54, 1.807) is 11.1 Å². The van der Waals surface area contributed by atoms with E-state index in [0.29, 0.717) is 6.54 Å². The van der Waals surface area contributed by atoms with Gasteiger partial charge in [-0.1, -0.05) is 6.07 Å². The van der Waals surface area contributed by atoms with Gasteiger partial charge in [0.05, 0.1) is 18.0 Å². The van der Waals surface area contributed by atoms with Crippen molar-refractivity contribution in [2.24, 2.45) is 11.3 Å². The number of carboxylic acids is 1. The molecule has 0 aromatic carbocycles. The van der Waals surface area contributed by atoms with Crippen LogP contribution in [-0.4, -0.2) is 68.3 Å². The summed E-state index contributed by atoms with van der Waals surface area (Å²) >= 11 is 0. The third kappa shape index (κ3) is 2.28. The first-order valence-corrected chi connectivity index (χ1v) is 8.67. The van der Waals surface area contributed by atoms with Gasteiger partial charge in [-0.05, 0) is 19.1 Å². The highest BCUT2D eigenvalue weighted by Crippen LogP contribution is 2.43. The third-order valence-electron chi connectivity index (χ3n) is 5.61. The molecule has 2 aliphatic rings. The van der Waals surface area contributed by atoms with Crippen molar-refractivity contribution in [1.29, 1.82) is 0 Å². The number of rotatable bonds is 4. The van der Waals surface area contributed by atoms with Crippen molar-refractivity contribution in [3.63, 3.8) is 0 Å². The Kier molecular flexibility index (Phi) is 3.71. The zero-order valence-corrected chi connectivity index (χ0v) is 14.5. The minimum atomic E-state index is -1.19. The number of carbonyl (C=O) groups excluding carboxylic acids is 2. The number of hydrogen-bond donors (Lipinski definition) is 1. The number of aromatic nitrogens is 2. The molecule has 2 fully saturated rings. The van der Waals surface area contributed by atoms with E-state index >= 15 is 0 Å². The van der Waals surface area contributed by atoms with E-state index in [9.17, 15) is 19.5 Å². The first-order chi connectivity index (χ1) is 12.5. The molecule has 2 atom stereocenters. The molecule has 2 amide bonds. The fourth-order valence-electron chi connectivity index (χ4n) is 4.15. The fraction of sp³-hybridized carbons (Fsp3) is 0.444. The SMILES string of the molecule is CCN1C[C@@]2(C(=O)O)CN(C(=O)Cc3cnc4ccccn34)C[C@H]2C1=O. The minimum Gasteiger partial charge on any atom is -0.481 e. The monoisotopic (exact) mass is 356 g/mol. The predicted molar refractivity (Wildman–Crippen MR) is 91.3 cm³/mol. The summed E-state index contributed by atoms with van der Waals surface area (Å²) in [7, 11) is 0. The molecule has 136 valence electrons. The van der Waals surface area contributed by atoms with Crippen molar-refractivity contribution in [1.82, 2.24) is 19.2 Å². The number of nitrogens with zero attached hydrogens (tertiary/aromatic N) is 4. The Labute approximate surface area is 150 Å². The smallest absolute Gasteiger partial charge is 0.314 e. The first kappa shape index (κ1) is 16.6. The topological polar surface area (TPSA) is 95.2 Å². The summed E-state index contributed by atoms with van der Waals surface area (Å²) in [6, 6.07) is 5.59. The Morgan fingerprint density at radius 3 is 2.85 bits per heavy atom. The number of pyridine rings is 1. The second kappa shape index (κ2) is 5.82. The highest BCUT2D eigenvalue weighted by molar-refractivity contribution is 5.94. The molecule has 2 aromatic rings. The van der Waals surface area contributed by atoms with Crippen molar-refractivity contribution >= 4 is 23.4 Å². The zero-order valence-electron chi connectivity index (χ0n) is 14.5. The third-order valence-corrected chi connectivity index (χ3v) is 5.61. The summed E-state index contributed by atoms with van der Waals surface area (Å²) in [4.78, 5) is 44.6. The van der Waals surface area contributed by atoms with Crippen LogP contribution in [0.4, 0.5) is 0 Å². The summed E-state index contributed by atoms with van der Waals surface area (Å²) in [6.07, 6.45) is 3.62. The van der Waals surface area contributed by atoms with Gasteiger partial charge >= 0.3 is 5.97 Å². The van der Waals surface area contributed by atoms with Crippen molar-refractivity contribution in [2.45, 2.75) is 13.3 Å². The summed E-state index contributed by atoms with van der Waals surface area (Å²) in [5.41, 5.74) is 0.306. The number of fused-ring (bicyclic) bond motifs is 2. The largest absolute Gasteiger partial charge is 0.481 e. The van der Waals surface area contributed by atoms with Crippen molar-refractivity contribution < 1.29 is 19.5 Å². The van der Waals surface area contributed by atoms with Gasteiger partial charge in [0.2, 0.25) is 11.8 Å². The highest BCUT2D eigenvalue weighted by Gasteiger charge is 2.62. The predicted octanol–water partition coefficient (Wildman–Crippen LogP) is 0.268. The van der Waals surface area contributed by atoms with Crippen LogP contribution in [0.3, 0.4) is 0 Å². The van der Waals surface area contributed by atoms with Crippen LogP contribution in [0.15, 0.2) is 30.6 Å². The maximum atomic E-state index is 12.8.